The second-order valence-corrected chi connectivity index (χ2v) is 8.35. The maximum absolute atomic E-state index is 11.2. The molecule has 0 aliphatic rings. The summed E-state index contributed by atoms with van der Waals surface area (Å²) >= 11 is 1.74. The van der Waals surface area contributed by atoms with Gasteiger partial charge in [-0.05, 0) is 31.7 Å². The fourth-order valence-corrected chi connectivity index (χ4v) is 3.23. The summed E-state index contributed by atoms with van der Waals surface area (Å²) in [5.41, 5.74) is 0. The number of nitrogens with zero attached hydrogens (tertiary/aromatic N) is 1. The first-order valence-corrected chi connectivity index (χ1v) is 10.1. The fraction of sp³-hybridized carbons (Fsp3) is 0.643. The average molecular weight is 332 g/mol. The molecule has 0 aromatic carbocycles. The van der Waals surface area contributed by atoms with Crippen LogP contribution < -0.4 is 10.6 Å². The first-order chi connectivity index (χ1) is 9.90. The van der Waals surface area contributed by atoms with E-state index in [0.29, 0.717) is 13.0 Å². The molecule has 0 bridgehead atoms. The van der Waals surface area contributed by atoms with Crippen molar-refractivity contribution in [1.82, 2.24) is 10.6 Å². The number of hydrogen-bond acceptors (Lipinski definition) is 4. The number of hydrogen-bond donors (Lipinski definition) is 2. The van der Waals surface area contributed by atoms with Crippen molar-refractivity contribution in [2.45, 2.75) is 32.7 Å². The molecule has 0 radical (unpaired) electrons. The minimum absolute atomic E-state index is 0.0688. The topological polar surface area (TPSA) is 70.6 Å². The monoisotopic (exact) mass is 331 g/mol. The molecule has 2 N–H and O–H groups in total. The standard InChI is InChI=1S/C14H25N3O2S2/c1-4-15-14(16-9-7-13-6-5-10-20-13)17-12(2)8-11-21(3,18)19/h5-6,10,12H,4,7-9,11H2,1-3H3,(H2,15,16,17). The zero-order valence-electron chi connectivity index (χ0n) is 12.9. The van der Waals surface area contributed by atoms with Gasteiger partial charge in [0.2, 0.25) is 0 Å². The van der Waals surface area contributed by atoms with Crippen molar-refractivity contribution in [3.63, 3.8) is 0 Å². The van der Waals surface area contributed by atoms with Gasteiger partial charge in [0, 0.05) is 36.7 Å². The highest BCUT2D eigenvalue weighted by Gasteiger charge is 2.09. The number of aliphatic imine (C=N–C) groups is 1. The van der Waals surface area contributed by atoms with Crippen LogP contribution >= 0.6 is 11.3 Å². The summed E-state index contributed by atoms with van der Waals surface area (Å²) < 4.78 is 22.4. The molecule has 1 atom stereocenters. The van der Waals surface area contributed by atoms with Gasteiger partial charge in [0.1, 0.15) is 9.84 Å². The van der Waals surface area contributed by atoms with Crippen molar-refractivity contribution in [3.05, 3.63) is 22.4 Å². The van der Waals surface area contributed by atoms with E-state index in [1.165, 1.54) is 11.1 Å². The molecule has 7 heteroatoms. The highest BCUT2D eigenvalue weighted by molar-refractivity contribution is 7.90. The van der Waals surface area contributed by atoms with E-state index in [-0.39, 0.29) is 11.8 Å². The van der Waals surface area contributed by atoms with Crippen molar-refractivity contribution in [2.24, 2.45) is 4.99 Å². The number of thiophene rings is 1. The van der Waals surface area contributed by atoms with Crippen LogP contribution in [-0.2, 0) is 16.3 Å². The van der Waals surface area contributed by atoms with E-state index < -0.39 is 9.84 Å². The lowest BCUT2D eigenvalue weighted by atomic mass is 10.3. The van der Waals surface area contributed by atoms with Crippen LogP contribution in [0.25, 0.3) is 0 Å². The molecule has 120 valence electrons. The van der Waals surface area contributed by atoms with E-state index >= 15 is 0 Å². The largest absolute Gasteiger partial charge is 0.357 e. The predicted octanol–water partition coefficient (Wildman–Crippen LogP) is 1.67. The van der Waals surface area contributed by atoms with Gasteiger partial charge in [0.25, 0.3) is 0 Å². The summed E-state index contributed by atoms with van der Waals surface area (Å²) in [6.07, 6.45) is 2.76. The van der Waals surface area contributed by atoms with E-state index in [1.54, 1.807) is 11.3 Å². The Hall–Kier alpha value is -1.08. The molecule has 1 aromatic rings. The smallest absolute Gasteiger partial charge is 0.191 e. The normalized spacial score (nSPS) is 14.0. The third-order valence-electron chi connectivity index (χ3n) is 2.86. The van der Waals surface area contributed by atoms with Crippen molar-refractivity contribution in [3.8, 4) is 0 Å². The molecule has 1 aromatic heterocycles. The van der Waals surface area contributed by atoms with Gasteiger partial charge in [-0.3, -0.25) is 4.99 Å². The van der Waals surface area contributed by atoms with Gasteiger partial charge in [-0.1, -0.05) is 6.07 Å². The van der Waals surface area contributed by atoms with E-state index in [9.17, 15) is 8.42 Å². The van der Waals surface area contributed by atoms with Crippen LogP contribution in [0.2, 0.25) is 0 Å². The highest BCUT2D eigenvalue weighted by atomic mass is 32.2. The summed E-state index contributed by atoms with van der Waals surface area (Å²) in [4.78, 5) is 5.84. The molecule has 0 fully saturated rings. The molecule has 0 saturated heterocycles. The highest BCUT2D eigenvalue weighted by Crippen LogP contribution is 2.08. The maximum Gasteiger partial charge on any atom is 0.191 e. The van der Waals surface area contributed by atoms with Crippen LogP contribution in [-0.4, -0.2) is 45.5 Å². The molecule has 0 aliphatic heterocycles. The van der Waals surface area contributed by atoms with Gasteiger partial charge in [-0.25, -0.2) is 8.42 Å². The van der Waals surface area contributed by atoms with E-state index in [1.807, 2.05) is 19.9 Å². The quantitative estimate of drug-likeness (QED) is 0.561. The van der Waals surface area contributed by atoms with Crippen LogP contribution in [0.5, 0.6) is 0 Å². The predicted molar refractivity (Wildman–Crippen MR) is 90.9 cm³/mol. The van der Waals surface area contributed by atoms with Gasteiger partial charge in [-0.15, -0.1) is 11.3 Å². The molecular formula is C14H25N3O2S2. The Balaban J connectivity index is 2.43. The van der Waals surface area contributed by atoms with Crippen LogP contribution in [0, 0.1) is 0 Å². The molecule has 0 aliphatic carbocycles. The minimum Gasteiger partial charge on any atom is -0.357 e. The molecule has 1 unspecified atom stereocenters. The van der Waals surface area contributed by atoms with E-state index in [0.717, 1.165) is 18.9 Å². The molecule has 0 spiro atoms. The molecule has 21 heavy (non-hydrogen) atoms. The SMILES string of the molecule is CCNC(=NCCc1cccs1)NC(C)CCS(C)(=O)=O. The lowest BCUT2D eigenvalue weighted by molar-refractivity contribution is 0.581. The van der Waals surface area contributed by atoms with E-state index in [4.69, 9.17) is 0 Å². The Morgan fingerprint density at radius 2 is 2.24 bits per heavy atom. The van der Waals surface area contributed by atoms with Gasteiger partial charge in [0.05, 0.1) is 5.75 Å². The zero-order chi connectivity index (χ0) is 15.7. The van der Waals surface area contributed by atoms with Crippen molar-refractivity contribution in [1.29, 1.82) is 0 Å². The lowest BCUT2D eigenvalue weighted by Crippen LogP contribution is -2.43. The Morgan fingerprint density at radius 1 is 1.48 bits per heavy atom. The maximum atomic E-state index is 11.2. The van der Waals surface area contributed by atoms with Crippen LogP contribution in [0.4, 0.5) is 0 Å². The zero-order valence-corrected chi connectivity index (χ0v) is 14.6. The molecule has 0 amide bonds. The third-order valence-corrected chi connectivity index (χ3v) is 4.77. The summed E-state index contributed by atoms with van der Waals surface area (Å²) in [6.45, 7) is 5.48. The second kappa shape index (κ2) is 9.04. The summed E-state index contributed by atoms with van der Waals surface area (Å²) in [5, 5.41) is 8.50. The second-order valence-electron chi connectivity index (χ2n) is 5.05. The lowest BCUT2D eigenvalue weighted by Gasteiger charge is -2.17. The minimum atomic E-state index is -2.91. The number of sulfone groups is 1. The van der Waals surface area contributed by atoms with Crippen molar-refractivity contribution in [2.75, 3.05) is 25.1 Å². The number of guanidine groups is 1. The Bertz CT molecular complexity index is 524. The van der Waals surface area contributed by atoms with Crippen molar-refractivity contribution < 1.29 is 8.42 Å². The molecule has 1 rings (SSSR count). The molecule has 1 heterocycles. The molecule has 0 saturated carbocycles. The number of nitrogens with one attached hydrogen (secondary N) is 2. The fourth-order valence-electron chi connectivity index (χ4n) is 1.75. The van der Waals surface area contributed by atoms with Gasteiger partial charge in [-0.2, -0.15) is 0 Å². The van der Waals surface area contributed by atoms with Gasteiger partial charge in [0.15, 0.2) is 5.96 Å². The van der Waals surface area contributed by atoms with E-state index in [2.05, 4.69) is 27.1 Å². The third kappa shape index (κ3) is 8.72. The van der Waals surface area contributed by atoms with Crippen LogP contribution in [0.15, 0.2) is 22.5 Å². The van der Waals surface area contributed by atoms with Crippen LogP contribution in [0.3, 0.4) is 0 Å². The molecular weight excluding hydrogens is 306 g/mol. The first kappa shape index (κ1) is 18.0. The first-order valence-electron chi connectivity index (χ1n) is 7.15. The summed E-state index contributed by atoms with van der Waals surface area (Å²) in [6, 6.07) is 4.22. The van der Waals surface area contributed by atoms with Gasteiger partial charge >= 0.3 is 0 Å². The Labute approximate surface area is 131 Å². The Kier molecular flexibility index (Phi) is 7.74. The van der Waals surface area contributed by atoms with Crippen LogP contribution in [0.1, 0.15) is 25.1 Å². The number of rotatable bonds is 8. The van der Waals surface area contributed by atoms with Crippen molar-refractivity contribution >= 4 is 27.1 Å². The Morgan fingerprint density at radius 3 is 2.81 bits per heavy atom. The summed E-state index contributed by atoms with van der Waals surface area (Å²) in [5.74, 6) is 0.936. The molecule has 5 nitrogen and oxygen atoms in total. The van der Waals surface area contributed by atoms with Gasteiger partial charge < -0.3 is 10.6 Å². The average Bonchev–Trinajstić information content (AvgIpc) is 2.89. The summed E-state index contributed by atoms with van der Waals surface area (Å²) in [7, 11) is -2.91.